The number of nitrogens with zero attached hydrogens (tertiary/aromatic N) is 6. The largest absolute Gasteiger partial charge is 0.338 e. The first-order chi connectivity index (χ1) is 10.8. The number of likely N-dealkylation sites (tertiary alicyclic amines) is 1. The lowest BCUT2D eigenvalue weighted by molar-refractivity contribution is 0.102. The van der Waals surface area contributed by atoms with Crippen LogP contribution in [-0.4, -0.2) is 42.9 Å². The fourth-order valence-electron chi connectivity index (χ4n) is 3.11. The van der Waals surface area contributed by atoms with Crippen LogP contribution >= 0.6 is 0 Å². The van der Waals surface area contributed by atoms with E-state index in [1.807, 2.05) is 4.68 Å². The van der Waals surface area contributed by atoms with Crippen LogP contribution in [0.2, 0.25) is 0 Å². The lowest BCUT2D eigenvalue weighted by Crippen LogP contribution is -2.38. The van der Waals surface area contributed by atoms with E-state index in [9.17, 15) is 0 Å². The standard InChI is InChI=1S/C15H24N6O/c1-3-5-14-18-15(22-19-14)12(2)20-7-4-6-13(8-20)9-21-11-16-10-17-21/h10-13H,3-9H2,1-2H3/t12-,13+/m0/s1. The fraction of sp³-hybridized carbons (Fsp3) is 0.733. The van der Waals surface area contributed by atoms with Gasteiger partial charge < -0.3 is 4.52 Å². The molecule has 0 aromatic carbocycles. The smallest absolute Gasteiger partial charge is 0.243 e. The molecule has 0 bridgehead atoms. The van der Waals surface area contributed by atoms with Crippen LogP contribution in [-0.2, 0) is 13.0 Å². The van der Waals surface area contributed by atoms with Crippen molar-refractivity contribution in [3.8, 4) is 0 Å². The highest BCUT2D eigenvalue weighted by molar-refractivity contribution is 4.93. The number of piperidine rings is 1. The molecule has 0 saturated carbocycles. The van der Waals surface area contributed by atoms with E-state index in [2.05, 4.69) is 39.0 Å². The Labute approximate surface area is 130 Å². The summed E-state index contributed by atoms with van der Waals surface area (Å²) in [6, 6.07) is 0.177. The second-order valence-corrected chi connectivity index (χ2v) is 6.10. The van der Waals surface area contributed by atoms with Crippen LogP contribution in [0.15, 0.2) is 17.2 Å². The summed E-state index contributed by atoms with van der Waals surface area (Å²) in [6.45, 7) is 7.32. The molecule has 22 heavy (non-hydrogen) atoms. The highest BCUT2D eigenvalue weighted by Gasteiger charge is 2.27. The normalized spacial score (nSPS) is 21.1. The summed E-state index contributed by atoms with van der Waals surface area (Å²) >= 11 is 0. The van der Waals surface area contributed by atoms with Crippen molar-refractivity contribution in [3.05, 3.63) is 24.4 Å². The van der Waals surface area contributed by atoms with Crippen molar-refractivity contribution in [2.24, 2.45) is 5.92 Å². The maximum atomic E-state index is 5.44. The molecular formula is C15H24N6O. The summed E-state index contributed by atoms with van der Waals surface area (Å²) in [5, 5.41) is 8.27. The van der Waals surface area contributed by atoms with E-state index in [1.54, 1.807) is 12.7 Å². The van der Waals surface area contributed by atoms with Crippen molar-refractivity contribution in [3.63, 3.8) is 0 Å². The highest BCUT2D eigenvalue weighted by Crippen LogP contribution is 2.26. The van der Waals surface area contributed by atoms with Crippen LogP contribution in [0, 0.1) is 5.92 Å². The van der Waals surface area contributed by atoms with Crippen molar-refractivity contribution in [1.29, 1.82) is 0 Å². The summed E-state index contributed by atoms with van der Waals surface area (Å²) < 4.78 is 7.36. The summed E-state index contributed by atoms with van der Waals surface area (Å²) in [4.78, 5) is 11.0. The summed E-state index contributed by atoms with van der Waals surface area (Å²) in [5.41, 5.74) is 0. The van der Waals surface area contributed by atoms with E-state index >= 15 is 0 Å². The molecule has 1 aliphatic heterocycles. The average molecular weight is 304 g/mol. The number of rotatable bonds is 6. The summed E-state index contributed by atoms with van der Waals surface area (Å²) in [5.74, 6) is 2.15. The highest BCUT2D eigenvalue weighted by atomic mass is 16.5. The van der Waals surface area contributed by atoms with Gasteiger partial charge in [0.2, 0.25) is 5.89 Å². The molecule has 0 unspecified atom stereocenters. The van der Waals surface area contributed by atoms with Gasteiger partial charge >= 0.3 is 0 Å². The van der Waals surface area contributed by atoms with Gasteiger partial charge in [0.15, 0.2) is 5.82 Å². The Morgan fingerprint density at radius 1 is 1.45 bits per heavy atom. The van der Waals surface area contributed by atoms with Gasteiger partial charge in [0.05, 0.1) is 6.04 Å². The third-order valence-electron chi connectivity index (χ3n) is 4.32. The molecule has 2 atom stereocenters. The topological polar surface area (TPSA) is 72.9 Å². The molecule has 0 spiro atoms. The Hall–Kier alpha value is -1.76. The molecule has 1 aliphatic rings. The van der Waals surface area contributed by atoms with Crippen molar-refractivity contribution >= 4 is 0 Å². The lowest BCUT2D eigenvalue weighted by Gasteiger charge is -2.35. The number of aromatic nitrogens is 5. The van der Waals surface area contributed by atoms with Crippen molar-refractivity contribution in [2.75, 3.05) is 13.1 Å². The van der Waals surface area contributed by atoms with Gasteiger partial charge in [-0.1, -0.05) is 12.1 Å². The van der Waals surface area contributed by atoms with Gasteiger partial charge in [0, 0.05) is 19.5 Å². The van der Waals surface area contributed by atoms with Crippen LogP contribution in [0.3, 0.4) is 0 Å². The fourth-order valence-corrected chi connectivity index (χ4v) is 3.11. The maximum absolute atomic E-state index is 5.44. The van der Waals surface area contributed by atoms with Gasteiger partial charge in [0.25, 0.3) is 0 Å². The number of hydrogen-bond donors (Lipinski definition) is 0. The molecule has 7 nitrogen and oxygen atoms in total. The summed E-state index contributed by atoms with van der Waals surface area (Å²) in [6.07, 6.45) is 7.73. The predicted molar refractivity (Wildman–Crippen MR) is 81.0 cm³/mol. The van der Waals surface area contributed by atoms with Crippen molar-refractivity contribution in [1.82, 2.24) is 29.8 Å². The predicted octanol–water partition coefficient (Wildman–Crippen LogP) is 2.09. The van der Waals surface area contributed by atoms with Gasteiger partial charge in [-0.05, 0) is 38.6 Å². The van der Waals surface area contributed by atoms with Gasteiger partial charge in [0.1, 0.15) is 12.7 Å². The molecule has 0 aliphatic carbocycles. The first-order valence-electron chi connectivity index (χ1n) is 8.15. The van der Waals surface area contributed by atoms with Gasteiger partial charge in [-0.3, -0.25) is 9.58 Å². The summed E-state index contributed by atoms with van der Waals surface area (Å²) in [7, 11) is 0. The zero-order valence-corrected chi connectivity index (χ0v) is 13.4. The second-order valence-electron chi connectivity index (χ2n) is 6.10. The van der Waals surface area contributed by atoms with Crippen molar-refractivity contribution < 1.29 is 4.52 Å². The zero-order valence-electron chi connectivity index (χ0n) is 13.4. The third kappa shape index (κ3) is 3.52. The Morgan fingerprint density at radius 3 is 3.14 bits per heavy atom. The molecular weight excluding hydrogens is 280 g/mol. The Kier molecular flexibility index (Phi) is 4.82. The molecule has 120 valence electrons. The number of aryl methyl sites for hydroxylation is 1. The molecule has 0 radical (unpaired) electrons. The first-order valence-corrected chi connectivity index (χ1v) is 8.15. The van der Waals surface area contributed by atoms with E-state index in [-0.39, 0.29) is 6.04 Å². The SMILES string of the molecule is CCCc1noc([C@H](C)N2CCC[C@@H](Cn3cncn3)C2)n1. The Morgan fingerprint density at radius 2 is 2.36 bits per heavy atom. The van der Waals surface area contributed by atoms with Crippen LogP contribution in [0.25, 0.3) is 0 Å². The average Bonchev–Trinajstić information content (AvgIpc) is 3.19. The van der Waals surface area contributed by atoms with Crippen LogP contribution in [0.5, 0.6) is 0 Å². The minimum atomic E-state index is 0.177. The molecule has 0 N–H and O–H groups in total. The lowest BCUT2D eigenvalue weighted by atomic mass is 9.97. The van der Waals surface area contributed by atoms with Crippen LogP contribution in [0.4, 0.5) is 0 Å². The molecule has 0 amide bonds. The van der Waals surface area contributed by atoms with Gasteiger partial charge in [-0.15, -0.1) is 0 Å². The molecule has 1 saturated heterocycles. The van der Waals surface area contributed by atoms with Crippen LogP contribution in [0.1, 0.15) is 50.9 Å². The monoisotopic (exact) mass is 304 g/mol. The quantitative estimate of drug-likeness (QED) is 0.813. The minimum Gasteiger partial charge on any atom is -0.338 e. The minimum absolute atomic E-state index is 0.177. The maximum Gasteiger partial charge on any atom is 0.243 e. The van der Waals surface area contributed by atoms with Gasteiger partial charge in [-0.25, -0.2) is 4.98 Å². The van der Waals surface area contributed by atoms with E-state index in [1.165, 1.54) is 12.8 Å². The molecule has 3 rings (SSSR count). The van der Waals surface area contributed by atoms with Crippen LogP contribution < -0.4 is 0 Å². The number of hydrogen-bond acceptors (Lipinski definition) is 6. The zero-order chi connectivity index (χ0) is 15.4. The molecule has 2 aromatic heterocycles. The van der Waals surface area contributed by atoms with Gasteiger partial charge in [-0.2, -0.15) is 10.1 Å². The van der Waals surface area contributed by atoms with E-state index in [0.29, 0.717) is 5.92 Å². The van der Waals surface area contributed by atoms with Crippen molar-refractivity contribution in [2.45, 2.75) is 52.1 Å². The Bertz CT molecular complexity index is 566. The molecule has 7 heteroatoms. The second kappa shape index (κ2) is 7.00. The van der Waals surface area contributed by atoms with E-state index in [0.717, 1.165) is 44.2 Å². The van der Waals surface area contributed by atoms with E-state index < -0.39 is 0 Å². The molecule has 3 heterocycles. The van der Waals surface area contributed by atoms with E-state index in [4.69, 9.17) is 4.52 Å². The Balaban J connectivity index is 1.60. The molecule has 2 aromatic rings. The third-order valence-corrected chi connectivity index (χ3v) is 4.32. The molecule has 1 fully saturated rings. The first kappa shape index (κ1) is 15.1.